The number of hydrogen-bond acceptors (Lipinski definition) is 5. The second-order valence-electron chi connectivity index (χ2n) is 7.30. The second kappa shape index (κ2) is 10.3. The van der Waals surface area contributed by atoms with Crippen LogP contribution in [0.2, 0.25) is 0 Å². The first-order chi connectivity index (χ1) is 14.4. The molecule has 0 aliphatic heterocycles. The summed E-state index contributed by atoms with van der Waals surface area (Å²) in [5.74, 6) is 1.43. The summed E-state index contributed by atoms with van der Waals surface area (Å²) in [6, 6.07) is 11.8. The molecule has 7 heteroatoms. The van der Waals surface area contributed by atoms with Gasteiger partial charge >= 0.3 is 0 Å². The van der Waals surface area contributed by atoms with Crippen LogP contribution in [0.25, 0.3) is 0 Å². The molecule has 2 heterocycles. The first-order valence-corrected chi connectivity index (χ1v) is 11.0. The summed E-state index contributed by atoms with van der Waals surface area (Å²) in [7, 11) is 1.76. The summed E-state index contributed by atoms with van der Waals surface area (Å²) in [5, 5.41) is 3.52. The van der Waals surface area contributed by atoms with Gasteiger partial charge in [-0.15, -0.1) is 0 Å². The number of benzene rings is 1. The van der Waals surface area contributed by atoms with Gasteiger partial charge in [-0.05, 0) is 38.0 Å². The lowest BCUT2D eigenvalue weighted by atomic mass is 10.0. The van der Waals surface area contributed by atoms with Gasteiger partial charge < -0.3 is 9.73 Å². The summed E-state index contributed by atoms with van der Waals surface area (Å²) in [4.78, 5) is 29.5. The van der Waals surface area contributed by atoms with Gasteiger partial charge in [-0.1, -0.05) is 41.6 Å². The number of nitrogens with zero attached hydrogens (tertiary/aromatic N) is 2. The Morgan fingerprint density at radius 2 is 2.07 bits per heavy atom. The zero-order chi connectivity index (χ0) is 21.5. The van der Waals surface area contributed by atoms with Gasteiger partial charge in [-0.3, -0.25) is 14.2 Å². The lowest BCUT2D eigenvalue weighted by Crippen LogP contribution is -2.26. The minimum atomic E-state index is -0.0152. The molecule has 0 spiro atoms. The van der Waals surface area contributed by atoms with Gasteiger partial charge in [0.2, 0.25) is 5.91 Å². The molecule has 2 aromatic heterocycles. The molecule has 6 nitrogen and oxygen atoms in total. The third-order valence-electron chi connectivity index (χ3n) is 4.83. The van der Waals surface area contributed by atoms with E-state index in [0.717, 1.165) is 22.6 Å². The monoisotopic (exact) mass is 425 g/mol. The van der Waals surface area contributed by atoms with E-state index in [4.69, 9.17) is 4.42 Å². The number of amides is 1. The number of aryl methyl sites for hydroxylation is 2. The molecule has 0 unspecified atom stereocenters. The van der Waals surface area contributed by atoms with E-state index in [1.54, 1.807) is 23.9 Å². The van der Waals surface area contributed by atoms with Crippen molar-refractivity contribution in [3.8, 4) is 0 Å². The molecule has 3 aromatic rings. The number of hydrogen-bond donors (Lipinski definition) is 1. The Morgan fingerprint density at radius 3 is 2.80 bits per heavy atom. The highest BCUT2D eigenvalue weighted by Gasteiger charge is 2.13. The van der Waals surface area contributed by atoms with Crippen molar-refractivity contribution in [2.75, 3.05) is 5.75 Å². The van der Waals surface area contributed by atoms with Crippen LogP contribution in [0.4, 0.5) is 0 Å². The predicted octanol–water partition coefficient (Wildman–Crippen LogP) is 3.77. The fourth-order valence-electron chi connectivity index (χ4n) is 3.17. The average Bonchev–Trinajstić information content (AvgIpc) is 3.24. The maximum absolute atomic E-state index is 12.9. The Labute approximate surface area is 180 Å². The quantitative estimate of drug-likeness (QED) is 0.321. The fourth-order valence-corrected chi connectivity index (χ4v) is 4.12. The fraction of sp³-hybridized carbons (Fsp3) is 0.348. The van der Waals surface area contributed by atoms with Gasteiger partial charge in [0.25, 0.3) is 5.56 Å². The predicted molar refractivity (Wildman–Crippen MR) is 119 cm³/mol. The van der Waals surface area contributed by atoms with E-state index in [0.29, 0.717) is 36.7 Å². The first kappa shape index (κ1) is 21.9. The number of furan rings is 1. The highest BCUT2D eigenvalue weighted by atomic mass is 32.2. The molecule has 30 heavy (non-hydrogen) atoms. The van der Waals surface area contributed by atoms with Crippen molar-refractivity contribution in [1.29, 1.82) is 0 Å². The largest absolute Gasteiger partial charge is 0.467 e. The Morgan fingerprint density at radius 1 is 1.23 bits per heavy atom. The number of nitrogens with one attached hydrogen (secondary N) is 1. The van der Waals surface area contributed by atoms with Crippen LogP contribution >= 0.6 is 11.8 Å². The van der Waals surface area contributed by atoms with Crippen molar-refractivity contribution in [2.45, 2.75) is 44.8 Å². The zero-order valence-corrected chi connectivity index (χ0v) is 18.4. The van der Waals surface area contributed by atoms with Crippen LogP contribution in [-0.4, -0.2) is 21.2 Å². The van der Waals surface area contributed by atoms with Gasteiger partial charge in [-0.2, -0.15) is 0 Å². The van der Waals surface area contributed by atoms with Crippen LogP contribution in [0.5, 0.6) is 0 Å². The molecule has 0 aliphatic rings. The van der Waals surface area contributed by atoms with Crippen LogP contribution in [0.3, 0.4) is 0 Å². The molecule has 0 saturated carbocycles. The molecule has 1 aromatic carbocycles. The first-order valence-electron chi connectivity index (χ1n) is 9.98. The summed E-state index contributed by atoms with van der Waals surface area (Å²) in [5.41, 5.74) is 3.76. The number of rotatable bonds is 9. The van der Waals surface area contributed by atoms with Crippen molar-refractivity contribution in [2.24, 2.45) is 7.05 Å². The minimum Gasteiger partial charge on any atom is -0.467 e. The smallest absolute Gasteiger partial charge is 0.257 e. The SMILES string of the molecule is Cc1cccc(Cc2c(C)nc(SCCCC(=O)NCc3ccco3)n(C)c2=O)c1. The Bertz CT molecular complexity index is 1060. The van der Waals surface area contributed by atoms with E-state index in [1.165, 1.54) is 17.3 Å². The van der Waals surface area contributed by atoms with E-state index >= 15 is 0 Å². The average molecular weight is 426 g/mol. The van der Waals surface area contributed by atoms with E-state index in [-0.39, 0.29) is 11.5 Å². The van der Waals surface area contributed by atoms with Crippen molar-refractivity contribution >= 4 is 17.7 Å². The molecule has 0 aliphatic carbocycles. The lowest BCUT2D eigenvalue weighted by Gasteiger charge is -2.12. The van der Waals surface area contributed by atoms with Crippen LogP contribution in [0.1, 0.15) is 41.0 Å². The van der Waals surface area contributed by atoms with Gasteiger partial charge in [0, 0.05) is 36.9 Å². The number of carbonyl (C=O) groups excluding carboxylic acids is 1. The van der Waals surface area contributed by atoms with Crippen molar-refractivity contribution in [1.82, 2.24) is 14.9 Å². The van der Waals surface area contributed by atoms with Crippen LogP contribution in [-0.2, 0) is 24.8 Å². The molecule has 0 fully saturated rings. The van der Waals surface area contributed by atoms with Crippen molar-refractivity contribution in [3.63, 3.8) is 0 Å². The number of thioether (sulfide) groups is 1. The Kier molecular flexibility index (Phi) is 7.52. The summed E-state index contributed by atoms with van der Waals surface area (Å²) in [6.45, 7) is 4.33. The Balaban J connectivity index is 1.54. The lowest BCUT2D eigenvalue weighted by molar-refractivity contribution is -0.121. The highest BCUT2D eigenvalue weighted by Crippen LogP contribution is 2.18. The molecular formula is C23H27N3O3S. The molecule has 158 valence electrons. The van der Waals surface area contributed by atoms with Gasteiger partial charge in [0.05, 0.1) is 12.8 Å². The van der Waals surface area contributed by atoms with Crippen LogP contribution in [0, 0.1) is 13.8 Å². The number of aromatic nitrogens is 2. The van der Waals surface area contributed by atoms with E-state index in [9.17, 15) is 9.59 Å². The normalized spacial score (nSPS) is 10.9. The molecule has 0 atom stereocenters. The Hall–Kier alpha value is -2.80. The third kappa shape index (κ3) is 5.86. The highest BCUT2D eigenvalue weighted by molar-refractivity contribution is 7.99. The molecule has 1 N–H and O–H groups in total. The van der Waals surface area contributed by atoms with E-state index in [1.807, 2.05) is 38.1 Å². The van der Waals surface area contributed by atoms with Crippen LogP contribution < -0.4 is 10.9 Å². The molecular weight excluding hydrogens is 398 g/mol. The maximum Gasteiger partial charge on any atom is 0.257 e. The van der Waals surface area contributed by atoms with E-state index < -0.39 is 0 Å². The van der Waals surface area contributed by atoms with Gasteiger partial charge in [-0.25, -0.2) is 4.98 Å². The topological polar surface area (TPSA) is 77.1 Å². The standard InChI is InChI=1S/C23H27N3O3S/c1-16-7-4-8-18(13-16)14-20-17(2)25-23(26(3)22(20)28)30-12-6-10-21(27)24-15-19-9-5-11-29-19/h4-5,7-9,11,13H,6,10,12,14-15H2,1-3H3,(H,24,27). The molecule has 0 radical (unpaired) electrons. The summed E-state index contributed by atoms with van der Waals surface area (Å²) < 4.78 is 6.81. The summed E-state index contributed by atoms with van der Waals surface area (Å²) in [6.07, 6.45) is 3.29. The van der Waals surface area contributed by atoms with Gasteiger partial charge in [0.15, 0.2) is 5.16 Å². The van der Waals surface area contributed by atoms with Crippen molar-refractivity contribution < 1.29 is 9.21 Å². The molecule has 3 rings (SSSR count). The van der Waals surface area contributed by atoms with Crippen molar-refractivity contribution in [3.05, 3.63) is 81.2 Å². The molecule has 0 bridgehead atoms. The number of carbonyl (C=O) groups is 1. The zero-order valence-electron chi connectivity index (χ0n) is 17.6. The second-order valence-corrected chi connectivity index (χ2v) is 8.36. The third-order valence-corrected chi connectivity index (χ3v) is 5.95. The van der Waals surface area contributed by atoms with E-state index in [2.05, 4.69) is 16.4 Å². The minimum absolute atomic E-state index is 0.0114. The molecule has 1 amide bonds. The summed E-state index contributed by atoms with van der Waals surface area (Å²) >= 11 is 1.50. The molecule has 0 saturated heterocycles. The maximum atomic E-state index is 12.9. The van der Waals surface area contributed by atoms with Gasteiger partial charge in [0.1, 0.15) is 5.76 Å². The van der Waals surface area contributed by atoms with Crippen LogP contribution in [0.15, 0.2) is 57.0 Å².